The summed E-state index contributed by atoms with van der Waals surface area (Å²) in [5.41, 5.74) is 0. The van der Waals surface area contributed by atoms with Gasteiger partial charge >= 0.3 is 12.0 Å². The molecule has 18 heavy (non-hydrogen) atoms. The van der Waals surface area contributed by atoms with Crippen LogP contribution in [0.3, 0.4) is 0 Å². The number of carboxylic acid groups (broad SMARTS) is 1. The number of carboxylic acids is 1. The first-order valence-electron chi connectivity index (χ1n) is 6.53. The second-order valence-electron chi connectivity index (χ2n) is 4.93. The van der Waals surface area contributed by atoms with E-state index in [0.717, 1.165) is 32.5 Å². The van der Waals surface area contributed by atoms with E-state index in [9.17, 15) is 9.59 Å². The van der Waals surface area contributed by atoms with Crippen molar-refractivity contribution < 1.29 is 19.4 Å². The number of carbonyl (C=O) groups excluding carboxylic acids is 1. The van der Waals surface area contributed by atoms with Gasteiger partial charge in [-0.1, -0.05) is 0 Å². The summed E-state index contributed by atoms with van der Waals surface area (Å²) in [6.07, 6.45) is 3.24. The maximum absolute atomic E-state index is 11.9. The molecule has 2 amide bonds. The third-order valence-electron chi connectivity index (χ3n) is 3.68. The zero-order valence-corrected chi connectivity index (χ0v) is 10.4. The van der Waals surface area contributed by atoms with Crippen LogP contribution in [0.15, 0.2) is 0 Å². The molecule has 2 heterocycles. The Labute approximate surface area is 106 Å². The number of rotatable bonds is 3. The highest BCUT2D eigenvalue weighted by molar-refractivity contribution is 5.83. The normalized spacial score (nSPS) is 25.1. The first-order chi connectivity index (χ1) is 8.68. The predicted molar refractivity (Wildman–Crippen MR) is 64.3 cm³/mol. The van der Waals surface area contributed by atoms with Gasteiger partial charge in [-0.15, -0.1) is 0 Å². The molecule has 102 valence electrons. The molecule has 0 aromatic carbocycles. The number of carbonyl (C=O) groups is 2. The van der Waals surface area contributed by atoms with Crippen LogP contribution in [0.2, 0.25) is 0 Å². The van der Waals surface area contributed by atoms with Crippen molar-refractivity contribution in [1.82, 2.24) is 10.2 Å². The van der Waals surface area contributed by atoms with Gasteiger partial charge < -0.3 is 20.1 Å². The fourth-order valence-electron chi connectivity index (χ4n) is 2.55. The maximum atomic E-state index is 11.9. The molecule has 2 aliphatic heterocycles. The van der Waals surface area contributed by atoms with Crippen LogP contribution in [0.25, 0.3) is 0 Å². The van der Waals surface area contributed by atoms with E-state index in [1.807, 2.05) is 0 Å². The molecule has 1 unspecified atom stereocenters. The Balaban J connectivity index is 1.78. The summed E-state index contributed by atoms with van der Waals surface area (Å²) in [7, 11) is 0. The minimum absolute atomic E-state index is 0.244. The molecule has 2 N–H and O–H groups in total. The molecule has 0 aliphatic carbocycles. The van der Waals surface area contributed by atoms with Crippen LogP contribution in [0.4, 0.5) is 4.79 Å². The zero-order chi connectivity index (χ0) is 13.0. The number of aliphatic carboxylic acids is 1. The number of hydrogen-bond donors (Lipinski definition) is 2. The van der Waals surface area contributed by atoms with Gasteiger partial charge in [0.05, 0.1) is 0 Å². The van der Waals surface area contributed by atoms with Crippen molar-refractivity contribution in [2.75, 3.05) is 26.3 Å². The first kappa shape index (κ1) is 13.1. The van der Waals surface area contributed by atoms with Crippen LogP contribution in [-0.4, -0.2) is 54.4 Å². The van der Waals surface area contributed by atoms with E-state index in [-0.39, 0.29) is 6.03 Å². The van der Waals surface area contributed by atoms with Crippen molar-refractivity contribution in [1.29, 1.82) is 0 Å². The number of ether oxygens (including phenoxy) is 1. The molecule has 0 spiro atoms. The van der Waals surface area contributed by atoms with Gasteiger partial charge in [-0.3, -0.25) is 0 Å². The summed E-state index contributed by atoms with van der Waals surface area (Å²) in [6.45, 7) is 2.66. The quantitative estimate of drug-likeness (QED) is 0.778. The van der Waals surface area contributed by atoms with E-state index in [2.05, 4.69) is 5.32 Å². The number of hydrogen-bond acceptors (Lipinski definition) is 3. The van der Waals surface area contributed by atoms with E-state index in [1.54, 1.807) is 0 Å². The summed E-state index contributed by atoms with van der Waals surface area (Å²) >= 11 is 0. The number of nitrogens with zero attached hydrogens (tertiary/aromatic N) is 1. The standard InChI is InChI=1S/C12H20N2O4/c15-11(16)10-2-1-5-14(10)12(17)13-8-9-3-6-18-7-4-9/h9-10H,1-8H2,(H,13,17)(H,15,16). The van der Waals surface area contributed by atoms with Crippen molar-refractivity contribution in [3.63, 3.8) is 0 Å². The molecule has 2 aliphatic rings. The number of likely N-dealkylation sites (tertiary alicyclic amines) is 1. The summed E-state index contributed by atoms with van der Waals surface area (Å²) in [5, 5.41) is 11.9. The Bertz CT molecular complexity index is 315. The van der Waals surface area contributed by atoms with E-state index in [1.165, 1.54) is 4.90 Å². The van der Waals surface area contributed by atoms with Crippen LogP contribution in [0.5, 0.6) is 0 Å². The summed E-state index contributed by atoms with van der Waals surface area (Å²) in [4.78, 5) is 24.3. The fraction of sp³-hybridized carbons (Fsp3) is 0.833. The molecule has 2 fully saturated rings. The number of nitrogens with one attached hydrogen (secondary N) is 1. The van der Waals surface area contributed by atoms with Crippen molar-refractivity contribution in [2.45, 2.75) is 31.7 Å². The highest BCUT2D eigenvalue weighted by Crippen LogP contribution is 2.18. The van der Waals surface area contributed by atoms with Crippen LogP contribution < -0.4 is 5.32 Å². The largest absolute Gasteiger partial charge is 0.480 e. The Morgan fingerprint density at radius 3 is 2.67 bits per heavy atom. The zero-order valence-electron chi connectivity index (χ0n) is 10.4. The average molecular weight is 256 g/mol. The second-order valence-corrected chi connectivity index (χ2v) is 4.93. The number of amides is 2. The molecule has 0 aromatic rings. The average Bonchev–Trinajstić information content (AvgIpc) is 2.86. The fourth-order valence-corrected chi connectivity index (χ4v) is 2.55. The molecule has 0 bridgehead atoms. The molecule has 0 radical (unpaired) electrons. The van der Waals surface area contributed by atoms with Crippen molar-refractivity contribution >= 4 is 12.0 Å². The maximum Gasteiger partial charge on any atom is 0.326 e. The van der Waals surface area contributed by atoms with Crippen LogP contribution >= 0.6 is 0 Å². The van der Waals surface area contributed by atoms with E-state index < -0.39 is 12.0 Å². The van der Waals surface area contributed by atoms with Crippen LogP contribution in [-0.2, 0) is 9.53 Å². The highest BCUT2D eigenvalue weighted by atomic mass is 16.5. The van der Waals surface area contributed by atoms with Gasteiger partial charge in [-0.25, -0.2) is 9.59 Å². The summed E-state index contributed by atoms with van der Waals surface area (Å²) < 4.78 is 5.25. The summed E-state index contributed by atoms with van der Waals surface area (Å²) in [5.74, 6) is -0.456. The lowest BCUT2D eigenvalue weighted by Gasteiger charge is -2.25. The monoisotopic (exact) mass is 256 g/mol. The molecule has 6 nitrogen and oxygen atoms in total. The lowest BCUT2D eigenvalue weighted by atomic mass is 10.0. The Morgan fingerprint density at radius 1 is 1.28 bits per heavy atom. The lowest BCUT2D eigenvalue weighted by molar-refractivity contribution is -0.141. The van der Waals surface area contributed by atoms with Crippen molar-refractivity contribution in [2.24, 2.45) is 5.92 Å². The number of urea groups is 1. The molecule has 2 saturated heterocycles. The summed E-state index contributed by atoms with van der Waals surface area (Å²) in [6, 6.07) is -0.897. The lowest BCUT2D eigenvalue weighted by Crippen LogP contribution is -2.47. The Kier molecular flexibility index (Phi) is 4.41. The van der Waals surface area contributed by atoms with Gasteiger partial charge in [0, 0.05) is 26.3 Å². The van der Waals surface area contributed by atoms with Crippen molar-refractivity contribution in [3.05, 3.63) is 0 Å². The molecule has 0 aromatic heterocycles. The van der Waals surface area contributed by atoms with E-state index in [0.29, 0.717) is 25.4 Å². The van der Waals surface area contributed by atoms with Crippen LogP contribution in [0, 0.1) is 5.92 Å². The third-order valence-corrected chi connectivity index (χ3v) is 3.68. The molecular formula is C12H20N2O4. The van der Waals surface area contributed by atoms with E-state index >= 15 is 0 Å². The highest BCUT2D eigenvalue weighted by Gasteiger charge is 2.34. The molecule has 6 heteroatoms. The minimum Gasteiger partial charge on any atom is -0.480 e. The topological polar surface area (TPSA) is 78.9 Å². The van der Waals surface area contributed by atoms with Gasteiger partial charge in [0.1, 0.15) is 6.04 Å². The molecule has 2 rings (SSSR count). The van der Waals surface area contributed by atoms with Gasteiger partial charge in [0.15, 0.2) is 0 Å². The minimum atomic E-state index is -0.909. The van der Waals surface area contributed by atoms with Crippen molar-refractivity contribution in [3.8, 4) is 0 Å². The van der Waals surface area contributed by atoms with E-state index in [4.69, 9.17) is 9.84 Å². The molecule has 1 atom stereocenters. The Morgan fingerprint density at radius 2 is 2.00 bits per heavy atom. The predicted octanol–water partition coefficient (Wildman–Crippen LogP) is 0.672. The van der Waals surface area contributed by atoms with Gasteiger partial charge in [0.2, 0.25) is 0 Å². The van der Waals surface area contributed by atoms with Crippen LogP contribution in [0.1, 0.15) is 25.7 Å². The third kappa shape index (κ3) is 3.13. The molecular weight excluding hydrogens is 236 g/mol. The van der Waals surface area contributed by atoms with Gasteiger partial charge in [-0.2, -0.15) is 0 Å². The van der Waals surface area contributed by atoms with Gasteiger partial charge in [-0.05, 0) is 31.6 Å². The van der Waals surface area contributed by atoms with Gasteiger partial charge in [0.25, 0.3) is 0 Å². The first-order valence-corrected chi connectivity index (χ1v) is 6.53. The molecule has 0 saturated carbocycles. The Hall–Kier alpha value is -1.30. The smallest absolute Gasteiger partial charge is 0.326 e. The SMILES string of the molecule is O=C(O)C1CCCN1C(=O)NCC1CCOCC1. The second kappa shape index (κ2) is 6.04.